The average molecular weight is 220 g/mol. The van der Waals surface area contributed by atoms with Crippen molar-refractivity contribution in [2.45, 2.75) is 12.5 Å². The highest BCUT2D eigenvalue weighted by Gasteiger charge is 2.30. The average Bonchev–Trinajstić information content (AvgIpc) is 2.85. The van der Waals surface area contributed by atoms with Crippen molar-refractivity contribution >= 4 is 5.78 Å². The Kier molecular flexibility index (Phi) is 3.70. The Balaban J connectivity index is 2.13. The minimum absolute atomic E-state index is 0.00911. The molecule has 86 valence electrons. The maximum Gasteiger partial charge on any atom is 0.171 e. The van der Waals surface area contributed by atoms with Gasteiger partial charge in [0.05, 0.1) is 6.61 Å². The van der Waals surface area contributed by atoms with Crippen LogP contribution in [0.1, 0.15) is 18.1 Å². The van der Waals surface area contributed by atoms with Crippen molar-refractivity contribution in [2.24, 2.45) is 5.92 Å². The summed E-state index contributed by atoms with van der Waals surface area (Å²) in [7, 11) is 1.57. The second-order valence-electron chi connectivity index (χ2n) is 3.99. The van der Waals surface area contributed by atoms with Crippen molar-refractivity contribution in [3.8, 4) is 0 Å². The van der Waals surface area contributed by atoms with E-state index in [2.05, 4.69) is 0 Å². The van der Waals surface area contributed by atoms with Crippen molar-refractivity contribution in [3.63, 3.8) is 0 Å². The Bertz CT molecular complexity index is 341. The van der Waals surface area contributed by atoms with E-state index in [1.807, 2.05) is 30.3 Å². The highest BCUT2D eigenvalue weighted by atomic mass is 16.5. The highest BCUT2D eigenvalue weighted by molar-refractivity contribution is 5.86. The molecule has 0 bridgehead atoms. The number of ether oxygens (including phenoxy) is 2. The van der Waals surface area contributed by atoms with Crippen LogP contribution in [-0.4, -0.2) is 26.1 Å². The summed E-state index contributed by atoms with van der Waals surface area (Å²) >= 11 is 0. The van der Waals surface area contributed by atoms with E-state index >= 15 is 0 Å². The number of methoxy groups -OCH3 is 1. The van der Waals surface area contributed by atoms with Crippen LogP contribution in [0.25, 0.3) is 0 Å². The predicted octanol–water partition coefficient (Wildman–Crippen LogP) is 1.98. The molecule has 3 heteroatoms. The van der Waals surface area contributed by atoms with Crippen LogP contribution in [0, 0.1) is 5.92 Å². The quantitative estimate of drug-likeness (QED) is 0.778. The predicted molar refractivity (Wildman–Crippen MR) is 60.1 cm³/mol. The third kappa shape index (κ3) is 2.31. The molecule has 1 aromatic carbocycles. The number of Topliss-reactive ketones (excluding diaryl/α,β-unsaturated/α-hetero) is 1. The van der Waals surface area contributed by atoms with Crippen LogP contribution in [0.3, 0.4) is 0 Å². The third-order valence-electron chi connectivity index (χ3n) is 2.93. The summed E-state index contributed by atoms with van der Waals surface area (Å²) < 4.78 is 10.5. The summed E-state index contributed by atoms with van der Waals surface area (Å²) in [6.45, 7) is 1.22. The first-order valence-electron chi connectivity index (χ1n) is 5.52. The molecule has 0 aliphatic carbocycles. The van der Waals surface area contributed by atoms with Gasteiger partial charge in [0.15, 0.2) is 5.78 Å². The minimum Gasteiger partial charge on any atom is -0.381 e. The molecule has 1 heterocycles. The molecule has 0 amide bonds. The van der Waals surface area contributed by atoms with Crippen molar-refractivity contribution in [2.75, 3.05) is 20.3 Å². The van der Waals surface area contributed by atoms with Crippen molar-refractivity contribution in [1.29, 1.82) is 0 Å². The Morgan fingerprint density at radius 1 is 1.44 bits per heavy atom. The lowest BCUT2D eigenvalue weighted by atomic mass is 9.94. The minimum atomic E-state index is -0.451. The van der Waals surface area contributed by atoms with Gasteiger partial charge in [-0.2, -0.15) is 0 Å². The number of ketones is 1. The fourth-order valence-corrected chi connectivity index (χ4v) is 2.02. The molecule has 0 saturated carbocycles. The molecular formula is C13H16O3. The van der Waals surface area contributed by atoms with E-state index in [0.717, 1.165) is 12.0 Å². The highest BCUT2D eigenvalue weighted by Crippen LogP contribution is 2.25. The molecule has 1 fully saturated rings. The van der Waals surface area contributed by atoms with Crippen LogP contribution in [0.15, 0.2) is 30.3 Å². The fourth-order valence-electron chi connectivity index (χ4n) is 2.02. The normalized spacial score (nSPS) is 21.9. The van der Waals surface area contributed by atoms with E-state index in [9.17, 15) is 4.79 Å². The van der Waals surface area contributed by atoms with E-state index in [4.69, 9.17) is 9.47 Å². The molecule has 0 radical (unpaired) electrons. The fraction of sp³-hybridized carbons (Fsp3) is 0.462. The lowest BCUT2D eigenvalue weighted by Crippen LogP contribution is -2.23. The Labute approximate surface area is 95.4 Å². The maximum absolute atomic E-state index is 12.2. The Morgan fingerprint density at radius 2 is 2.19 bits per heavy atom. The molecule has 2 rings (SSSR count). The monoisotopic (exact) mass is 220 g/mol. The summed E-state index contributed by atoms with van der Waals surface area (Å²) in [5, 5.41) is 0. The van der Waals surface area contributed by atoms with Gasteiger partial charge >= 0.3 is 0 Å². The molecule has 1 aliphatic heterocycles. The zero-order chi connectivity index (χ0) is 11.4. The number of hydrogen-bond acceptors (Lipinski definition) is 3. The molecule has 0 N–H and O–H groups in total. The standard InChI is InChI=1S/C13H16O3/c1-15-13(10-5-3-2-4-6-10)12(14)11-7-8-16-9-11/h2-6,11,13H,7-9H2,1H3. The number of benzene rings is 1. The van der Waals surface area contributed by atoms with E-state index < -0.39 is 6.10 Å². The summed E-state index contributed by atoms with van der Waals surface area (Å²) in [4.78, 5) is 12.2. The van der Waals surface area contributed by atoms with Gasteiger partial charge in [-0.1, -0.05) is 30.3 Å². The third-order valence-corrected chi connectivity index (χ3v) is 2.93. The smallest absolute Gasteiger partial charge is 0.171 e. The second kappa shape index (κ2) is 5.23. The van der Waals surface area contributed by atoms with Gasteiger partial charge in [0, 0.05) is 19.6 Å². The van der Waals surface area contributed by atoms with E-state index in [-0.39, 0.29) is 11.7 Å². The van der Waals surface area contributed by atoms with Crippen LogP contribution in [-0.2, 0) is 14.3 Å². The lowest BCUT2D eigenvalue weighted by molar-refractivity contribution is -0.133. The molecule has 2 unspecified atom stereocenters. The largest absolute Gasteiger partial charge is 0.381 e. The molecule has 1 aromatic rings. The number of carbonyl (C=O) groups excluding carboxylic acids is 1. The van der Waals surface area contributed by atoms with E-state index in [1.54, 1.807) is 7.11 Å². The first-order chi connectivity index (χ1) is 7.83. The zero-order valence-corrected chi connectivity index (χ0v) is 9.39. The first kappa shape index (κ1) is 11.3. The van der Waals surface area contributed by atoms with Crippen LogP contribution < -0.4 is 0 Å². The number of carbonyl (C=O) groups is 1. The second-order valence-corrected chi connectivity index (χ2v) is 3.99. The van der Waals surface area contributed by atoms with Gasteiger partial charge < -0.3 is 9.47 Å². The van der Waals surface area contributed by atoms with Crippen molar-refractivity contribution < 1.29 is 14.3 Å². The van der Waals surface area contributed by atoms with Crippen LogP contribution in [0.5, 0.6) is 0 Å². The first-order valence-corrected chi connectivity index (χ1v) is 5.52. The van der Waals surface area contributed by atoms with Gasteiger partial charge in [-0.05, 0) is 12.0 Å². The molecular weight excluding hydrogens is 204 g/mol. The summed E-state index contributed by atoms with van der Waals surface area (Å²) in [6.07, 6.45) is 0.360. The topological polar surface area (TPSA) is 35.5 Å². The lowest BCUT2D eigenvalue weighted by Gasteiger charge is -2.17. The summed E-state index contributed by atoms with van der Waals surface area (Å²) in [6, 6.07) is 9.60. The number of hydrogen-bond donors (Lipinski definition) is 0. The van der Waals surface area contributed by atoms with Gasteiger partial charge in [-0.25, -0.2) is 0 Å². The van der Waals surface area contributed by atoms with E-state index in [0.29, 0.717) is 13.2 Å². The molecule has 0 aromatic heterocycles. The molecule has 0 spiro atoms. The number of rotatable bonds is 4. The van der Waals surface area contributed by atoms with Gasteiger partial charge in [-0.3, -0.25) is 4.79 Å². The molecule has 2 atom stereocenters. The molecule has 3 nitrogen and oxygen atoms in total. The Morgan fingerprint density at radius 3 is 2.75 bits per heavy atom. The van der Waals surface area contributed by atoms with Crippen LogP contribution in [0.4, 0.5) is 0 Å². The zero-order valence-electron chi connectivity index (χ0n) is 9.39. The van der Waals surface area contributed by atoms with Crippen molar-refractivity contribution in [1.82, 2.24) is 0 Å². The summed E-state index contributed by atoms with van der Waals surface area (Å²) in [5.74, 6) is 0.122. The van der Waals surface area contributed by atoms with Crippen LogP contribution in [0.2, 0.25) is 0 Å². The van der Waals surface area contributed by atoms with Gasteiger partial charge in [0.25, 0.3) is 0 Å². The van der Waals surface area contributed by atoms with Crippen molar-refractivity contribution in [3.05, 3.63) is 35.9 Å². The SMILES string of the molecule is COC(C(=O)C1CCOC1)c1ccccc1. The van der Waals surface area contributed by atoms with Crippen LogP contribution >= 0.6 is 0 Å². The Hall–Kier alpha value is -1.19. The van der Waals surface area contributed by atoms with E-state index in [1.165, 1.54) is 0 Å². The van der Waals surface area contributed by atoms with Gasteiger partial charge in [-0.15, -0.1) is 0 Å². The maximum atomic E-state index is 12.2. The summed E-state index contributed by atoms with van der Waals surface area (Å²) in [5.41, 5.74) is 0.918. The van der Waals surface area contributed by atoms with Gasteiger partial charge in [0.2, 0.25) is 0 Å². The molecule has 1 saturated heterocycles. The molecule has 16 heavy (non-hydrogen) atoms. The van der Waals surface area contributed by atoms with Gasteiger partial charge in [0.1, 0.15) is 6.10 Å². The molecule has 1 aliphatic rings.